The molecule has 0 radical (unpaired) electrons. The molecule has 0 saturated carbocycles. The topological polar surface area (TPSA) is 132 Å². The number of aryl methyl sites for hydroxylation is 1. The summed E-state index contributed by atoms with van der Waals surface area (Å²) < 4.78 is 11.9. The molecule has 10 heteroatoms. The molecule has 0 spiro atoms. The van der Waals surface area contributed by atoms with Crippen LogP contribution in [0, 0.1) is 6.92 Å². The SMILES string of the molecule is COCCn1c(N)c(N(Cc2ccccc2)Cc2nc(-c3ccccc3C)no2)c(=O)[nH]c1=O. The van der Waals surface area contributed by atoms with Gasteiger partial charge in [-0.2, -0.15) is 4.98 Å². The van der Waals surface area contributed by atoms with Gasteiger partial charge in [-0.3, -0.25) is 14.3 Å². The number of aromatic nitrogens is 4. The summed E-state index contributed by atoms with van der Waals surface area (Å²) in [6.07, 6.45) is 0. The Morgan fingerprint density at radius 2 is 1.82 bits per heavy atom. The van der Waals surface area contributed by atoms with Crippen molar-refractivity contribution >= 4 is 11.5 Å². The molecule has 0 fully saturated rings. The van der Waals surface area contributed by atoms with Crippen LogP contribution in [0.3, 0.4) is 0 Å². The number of ether oxygens (including phenoxy) is 1. The summed E-state index contributed by atoms with van der Waals surface area (Å²) in [7, 11) is 1.52. The molecule has 4 rings (SSSR count). The van der Waals surface area contributed by atoms with Crippen LogP contribution in [0.2, 0.25) is 0 Å². The second kappa shape index (κ2) is 10.2. The molecule has 4 aromatic rings. The number of methoxy groups -OCH3 is 1. The molecular formula is C24H26N6O4. The second-order valence-electron chi connectivity index (χ2n) is 7.81. The van der Waals surface area contributed by atoms with E-state index >= 15 is 0 Å². The fourth-order valence-electron chi connectivity index (χ4n) is 3.72. The minimum absolute atomic E-state index is 0.0420. The molecule has 34 heavy (non-hydrogen) atoms. The minimum atomic E-state index is -0.595. The molecule has 0 atom stereocenters. The first-order valence-electron chi connectivity index (χ1n) is 10.8. The van der Waals surface area contributed by atoms with Crippen molar-refractivity contribution in [2.75, 3.05) is 24.4 Å². The van der Waals surface area contributed by atoms with Crippen LogP contribution in [0.25, 0.3) is 11.4 Å². The summed E-state index contributed by atoms with van der Waals surface area (Å²) in [5.41, 5.74) is 8.10. The molecule has 0 aliphatic rings. The van der Waals surface area contributed by atoms with Gasteiger partial charge in [-0.05, 0) is 18.1 Å². The second-order valence-corrected chi connectivity index (χ2v) is 7.81. The number of nitrogen functional groups attached to an aromatic ring is 1. The van der Waals surface area contributed by atoms with E-state index in [0.717, 1.165) is 16.7 Å². The predicted molar refractivity (Wildman–Crippen MR) is 128 cm³/mol. The molecule has 0 unspecified atom stereocenters. The van der Waals surface area contributed by atoms with Gasteiger partial charge in [0.25, 0.3) is 5.56 Å². The van der Waals surface area contributed by atoms with Gasteiger partial charge in [0.1, 0.15) is 11.5 Å². The van der Waals surface area contributed by atoms with Gasteiger partial charge in [0.2, 0.25) is 11.7 Å². The Labute approximate surface area is 195 Å². The van der Waals surface area contributed by atoms with Gasteiger partial charge < -0.3 is 19.9 Å². The number of hydrogen-bond donors (Lipinski definition) is 2. The van der Waals surface area contributed by atoms with Crippen molar-refractivity contribution in [1.29, 1.82) is 0 Å². The standard InChI is InChI=1S/C24H26N6O4/c1-16-8-6-7-11-18(16)22-26-19(34-28-22)15-29(14-17-9-4-3-5-10-17)20-21(25)30(12-13-33-2)24(32)27-23(20)31/h3-11H,12-15,25H2,1-2H3,(H,27,31,32). The minimum Gasteiger partial charge on any atom is -0.383 e. The monoisotopic (exact) mass is 462 g/mol. The molecule has 2 aromatic carbocycles. The molecule has 2 aromatic heterocycles. The molecule has 0 amide bonds. The zero-order chi connectivity index (χ0) is 24.1. The number of rotatable bonds is 9. The van der Waals surface area contributed by atoms with Crippen LogP contribution in [0.1, 0.15) is 17.0 Å². The number of nitrogens with zero attached hydrogens (tertiary/aromatic N) is 4. The smallest absolute Gasteiger partial charge is 0.330 e. The predicted octanol–water partition coefficient (Wildman–Crippen LogP) is 2.33. The molecule has 176 valence electrons. The van der Waals surface area contributed by atoms with E-state index in [1.165, 1.54) is 11.7 Å². The molecule has 0 aliphatic carbocycles. The van der Waals surface area contributed by atoms with Crippen LogP contribution in [-0.4, -0.2) is 33.4 Å². The van der Waals surface area contributed by atoms with Crippen molar-refractivity contribution in [3.63, 3.8) is 0 Å². The first kappa shape index (κ1) is 23.0. The third kappa shape index (κ3) is 4.91. The van der Waals surface area contributed by atoms with Crippen molar-refractivity contribution in [3.8, 4) is 11.4 Å². The van der Waals surface area contributed by atoms with Gasteiger partial charge in [0.05, 0.1) is 19.7 Å². The van der Waals surface area contributed by atoms with E-state index in [4.69, 9.17) is 15.0 Å². The zero-order valence-corrected chi connectivity index (χ0v) is 19.0. The highest BCUT2D eigenvalue weighted by Gasteiger charge is 2.22. The van der Waals surface area contributed by atoms with Crippen molar-refractivity contribution < 1.29 is 9.26 Å². The molecule has 10 nitrogen and oxygen atoms in total. The number of benzene rings is 2. The summed E-state index contributed by atoms with van der Waals surface area (Å²) >= 11 is 0. The number of hydrogen-bond acceptors (Lipinski definition) is 8. The van der Waals surface area contributed by atoms with Gasteiger partial charge in [0.15, 0.2) is 0 Å². The average Bonchev–Trinajstić information content (AvgIpc) is 3.28. The summed E-state index contributed by atoms with van der Waals surface area (Å²) in [6.45, 7) is 2.87. The molecule has 2 heterocycles. The maximum Gasteiger partial charge on any atom is 0.330 e. The van der Waals surface area contributed by atoms with Crippen LogP contribution < -0.4 is 21.9 Å². The first-order valence-corrected chi connectivity index (χ1v) is 10.8. The summed E-state index contributed by atoms with van der Waals surface area (Å²) in [6, 6.07) is 17.3. The van der Waals surface area contributed by atoms with Gasteiger partial charge >= 0.3 is 5.69 Å². The highest BCUT2D eigenvalue weighted by atomic mass is 16.5. The van der Waals surface area contributed by atoms with Crippen LogP contribution in [0.4, 0.5) is 11.5 Å². The van der Waals surface area contributed by atoms with Crippen LogP contribution in [-0.2, 0) is 24.4 Å². The number of anilines is 2. The van der Waals surface area contributed by atoms with Crippen LogP contribution >= 0.6 is 0 Å². The number of nitrogens with two attached hydrogens (primary N) is 1. The van der Waals surface area contributed by atoms with E-state index in [1.807, 2.05) is 61.5 Å². The van der Waals surface area contributed by atoms with E-state index in [1.54, 1.807) is 4.90 Å². The fraction of sp³-hybridized carbons (Fsp3) is 0.250. The molecule has 0 saturated heterocycles. The van der Waals surface area contributed by atoms with E-state index in [2.05, 4.69) is 15.1 Å². The van der Waals surface area contributed by atoms with Gasteiger partial charge in [-0.1, -0.05) is 59.8 Å². The number of H-pyrrole nitrogens is 1. The van der Waals surface area contributed by atoms with Gasteiger partial charge in [-0.25, -0.2) is 4.79 Å². The quantitative estimate of drug-likeness (QED) is 0.387. The van der Waals surface area contributed by atoms with E-state index < -0.39 is 11.2 Å². The van der Waals surface area contributed by atoms with E-state index in [-0.39, 0.29) is 31.2 Å². The number of aromatic amines is 1. The normalized spacial score (nSPS) is 11.0. The Kier molecular flexibility index (Phi) is 6.88. The molecule has 0 aliphatic heterocycles. The maximum absolute atomic E-state index is 12.9. The number of nitrogens with one attached hydrogen (secondary N) is 1. The highest BCUT2D eigenvalue weighted by Crippen LogP contribution is 2.24. The van der Waals surface area contributed by atoms with E-state index in [0.29, 0.717) is 18.3 Å². The first-order chi connectivity index (χ1) is 16.5. The van der Waals surface area contributed by atoms with Crippen molar-refractivity contribution in [2.45, 2.75) is 26.6 Å². The lowest BCUT2D eigenvalue weighted by Crippen LogP contribution is -2.38. The Bertz CT molecular complexity index is 1380. The lowest BCUT2D eigenvalue weighted by molar-refractivity contribution is 0.186. The van der Waals surface area contributed by atoms with Crippen molar-refractivity contribution in [3.05, 3.63) is 92.5 Å². The van der Waals surface area contributed by atoms with Gasteiger partial charge in [0, 0.05) is 19.2 Å². The lowest BCUT2D eigenvalue weighted by Gasteiger charge is -2.25. The van der Waals surface area contributed by atoms with Crippen molar-refractivity contribution in [2.24, 2.45) is 0 Å². The average molecular weight is 463 g/mol. The highest BCUT2D eigenvalue weighted by molar-refractivity contribution is 5.63. The Hall–Kier alpha value is -4.18. The molecule has 3 N–H and O–H groups in total. The largest absolute Gasteiger partial charge is 0.383 e. The summed E-state index contributed by atoms with van der Waals surface area (Å²) in [5.74, 6) is 0.808. The summed E-state index contributed by atoms with van der Waals surface area (Å²) in [5, 5.41) is 4.12. The maximum atomic E-state index is 12.9. The Balaban J connectivity index is 1.74. The third-order valence-corrected chi connectivity index (χ3v) is 5.45. The van der Waals surface area contributed by atoms with Crippen LogP contribution in [0.5, 0.6) is 0 Å². The zero-order valence-electron chi connectivity index (χ0n) is 19.0. The Morgan fingerprint density at radius 3 is 2.56 bits per heavy atom. The molecular weight excluding hydrogens is 436 g/mol. The third-order valence-electron chi connectivity index (χ3n) is 5.45. The Morgan fingerprint density at radius 1 is 1.09 bits per heavy atom. The lowest BCUT2D eigenvalue weighted by atomic mass is 10.1. The fourth-order valence-corrected chi connectivity index (χ4v) is 3.72. The van der Waals surface area contributed by atoms with Crippen molar-refractivity contribution in [1.82, 2.24) is 19.7 Å². The van der Waals surface area contributed by atoms with E-state index in [9.17, 15) is 9.59 Å². The summed E-state index contributed by atoms with van der Waals surface area (Å²) in [4.78, 5) is 33.9. The van der Waals surface area contributed by atoms with Crippen LogP contribution in [0.15, 0.2) is 68.7 Å². The van der Waals surface area contributed by atoms with Gasteiger partial charge in [-0.15, -0.1) is 0 Å². The molecule has 0 bridgehead atoms.